The quantitative estimate of drug-likeness (QED) is 0.449. The minimum Gasteiger partial charge on any atom is -0.444 e. The fourth-order valence-electron chi connectivity index (χ4n) is 3.26. The summed E-state index contributed by atoms with van der Waals surface area (Å²) in [6.45, 7) is 26.1. The first kappa shape index (κ1) is 34.7. The number of hydrogen-bond donors (Lipinski definition) is 1. The smallest absolute Gasteiger partial charge is 0.410 e. The van der Waals surface area contributed by atoms with Crippen molar-refractivity contribution in [1.82, 2.24) is 9.80 Å². The van der Waals surface area contributed by atoms with E-state index < -0.39 is 11.2 Å². The highest BCUT2D eigenvalue weighted by Crippen LogP contribution is 2.26. The Kier molecular flexibility index (Phi) is 13.8. The third-order valence-corrected chi connectivity index (χ3v) is 4.84. The van der Waals surface area contributed by atoms with E-state index in [4.69, 9.17) is 9.47 Å². The van der Waals surface area contributed by atoms with Crippen LogP contribution in [0.3, 0.4) is 0 Å². The van der Waals surface area contributed by atoms with Crippen LogP contribution in [0.5, 0.6) is 0 Å². The second-order valence-corrected chi connectivity index (χ2v) is 13.6. The fraction of sp³-hybridized carbons (Fsp3) is 0.926. The van der Waals surface area contributed by atoms with Crippen LogP contribution in [-0.2, 0) is 9.47 Å². The van der Waals surface area contributed by atoms with Gasteiger partial charge in [-0.25, -0.2) is 9.59 Å². The van der Waals surface area contributed by atoms with Gasteiger partial charge >= 0.3 is 12.2 Å². The molecule has 2 amide bonds. The summed E-state index contributed by atoms with van der Waals surface area (Å²) >= 11 is 0. The Bertz CT molecular complexity index is 552. The van der Waals surface area contributed by atoms with Gasteiger partial charge in [0.2, 0.25) is 0 Å². The molecule has 0 spiro atoms. The highest BCUT2D eigenvalue weighted by Gasteiger charge is 2.29. The molecule has 0 bridgehead atoms. The Morgan fingerprint density at radius 1 is 0.676 bits per heavy atom. The molecular formula is C27H56N2O5. The summed E-state index contributed by atoms with van der Waals surface area (Å²) < 4.78 is 10.7. The van der Waals surface area contributed by atoms with Crippen LogP contribution in [0.15, 0.2) is 0 Å². The van der Waals surface area contributed by atoms with Crippen molar-refractivity contribution in [3.05, 3.63) is 0 Å². The molecule has 7 heteroatoms. The summed E-state index contributed by atoms with van der Waals surface area (Å²) in [6, 6.07) is 0.0368. The molecule has 2 atom stereocenters. The standard InChI is InChI=1S/C14H29NO2.C13H27NO3/c1-9-11(10-13(2,3)4)15(8)12(16)17-14(5,6)7;1-12(2,3)8-10(9-15)14(7)11(16)17-13(4,5)6/h11H,9-10H2,1-8H3;10,15H,8-9H2,1-7H3/t11-;10-/m10/s1. The van der Waals surface area contributed by atoms with E-state index in [1.165, 1.54) is 4.90 Å². The van der Waals surface area contributed by atoms with Crippen molar-refractivity contribution < 1.29 is 24.2 Å². The van der Waals surface area contributed by atoms with Gasteiger partial charge < -0.3 is 24.4 Å². The summed E-state index contributed by atoms with van der Waals surface area (Å²) in [6.07, 6.45) is 2.06. The third-order valence-electron chi connectivity index (χ3n) is 4.84. The van der Waals surface area contributed by atoms with Gasteiger partial charge in [0.05, 0.1) is 12.6 Å². The van der Waals surface area contributed by atoms with Crippen LogP contribution in [0.1, 0.15) is 109 Å². The van der Waals surface area contributed by atoms with Crippen LogP contribution >= 0.6 is 0 Å². The maximum absolute atomic E-state index is 11.9. The lowest BCUT2D eigenvalue weighted by atomic mass is 9.87. The number of rotatable bonds is 6. The molecule has 0 aromatic heterocycles. The molecule has 0 fully saturated rings. The minimum absolute atomic E-state index is 0.0486. The molecule has 0 radical (unpaired) electrons. The molecule has 0 aromatic carbocycles. The van der Waals surface area contributed by atoms with Crippen molar-refractivity contribution in [2.75, 3.05) is 20.7 Å². The Labute approximate surface area is 210 Å². The van der Waals surface area contributed by atoms with Crippen LogP contribution in [0.2, 0.25) is 0 Å². The molecular weight excluding hydrogens is 432 g/mol. The molecule has 0 aromatic rings. The number of ether oxygens (including phenoxy) is 2. The van der Waals surface area contributed by atoms with Gasteiger partial charge in [0, 0.05) is 20.1 Å². The summed E-state index contributed by atoms with van der Waals surface area (Å²) in [7, 11) is 3.49. The number of carbonyl (C=O) groups is 2. The maximum atomic E-state index is 11.9. The average Bonchev–Trinajstić information content (AvgIpc) is 2.59. The Balaban J connectivity index is 0. The normalized spacial score (nSPS) is 14.4. The van der Waals surface area contributed by atoms with Crippen LogP contribution in [0.25, 0.3) is 0 Å². The molecule has 0 heterocycles. The second-order valence-electron chi connectivity index (χ2n) is 13.6. The number of aliphatic hydroxyl groups is 1. The zero-order valence-electron chi connectivity index (χ0n) is 25.0. The van der Waals surface area contributed by atoms with Gasteiger partial charge in [-0.2, -0.15) is 0 Å². The van der Waals surface area contributed by atoms with E-state index in [2.05, 4.69) is 48.5 Å². The predicted octanol–water partition coefficient (Wildman–Crippen LogP) is 6.72. The van der Waals surface area contributed by atoms with Crippen molar-refractivity contribution in [3.63, 3.8) is 0 Å². The van der Waals surface area contributed by atoms with E-state index >= 15 is 0 Å². The van der Waals surface area contributed by atoms with Crippen molar-refractivity contribution in [1.29, 1.82) is 0 Å². The molecule has 0 unspecified atom stereocenters. The van der Waals surface area contributed by atoms with E-state index in [-0.39, 0.29) is 41.7 Å². The number of nitrogens with zero attached hydrogens (tertiary/aromatic N) is 2. The maximum Gasteiger partial charge on any atom is 0.410 e. The predicted molar refractivity (Wildman–Crippen MR) is 141 cm³/mol. The zero-order chi connectivity index (χ0) is 27.7. The molecule has 34 heavy (non-hydrogen) atoms. The zero-order valence-corrected chi connectivity index (χ0v) is 25.0. The van der Waals surface area contributed by atoms with Crippen LogP contribution in [-0.4, -0.2) is 71.1 Å². The van der Waals surface area contributed by atoms with Gasteiger partial charge in [-0.3, -0.25) is 0 Å². The monoisotopic (exact) mass is 488 g/mol. The average molecular weight is 489 g/mol. The first-order chi connectivity index (χ1) is 14.9. The first-order valence-electron chi connectivity index (χ1n) is 12.4. The summed E-state index contributed by atoms with van der Waals surface area (Å²) in [5, 5.41) is 9.36. The fourth-order valence-corrected chi connectivity index (χ4v) is 3.26. The largest absolute Gasteiger partial charge is 0.444 e. The van der Waals surface area contributed by atoms with Gasteiger partial charge in [0.15, 0.2) is 0 Å². The molecule has 0 rings (SSSR count). The first-order valence-corrected chi connectivity index (χ1v) is 12.4. The van der Waals surface area contributed by atoms with Gasteiger partial charge in [-0.05, 0) is 71.6 Å². The highest BCUT2D eigenvalue weighted by molar-refractivity contribution is 5.68. The Morgan fingerprint density at radius 3 is 1.21 bits per heavy atom. The lowest BCUT2D eigenvalue weighted by Crippen LogP contribution is -2.44. The number of hydrogen-bond acceptors (Lipinski definition) is 5. The molecule has 1 N–H and O–H groups in total. The van der Waals surface area contributed by atoms with E-state index in [0.29, 0.717) is 0 Å². The number of likely N-dealkylation sites (N-methyl/N-ethyl adjacent to an activating group) is 1. The van der Waals surface area contributed by atoms with Crippen LogP contribution in [0.4, 0.5) is 9.59 Å². The molecule has 0 saturated heterocycles. The Hall–Kier alpha value is -1.50. The number of carbonyl (C=O) groups excluding carboxylic acids is 2. The molecule has 0 aliphatic rings. The van der Waals surface area contributed by atoms with E-state index in [1.807, 2.05) is 48.6 Å². The van der Waals surface area contributed by atoms with Crippen LogP contribution in [0, 0.1) is 10.8 Å². The highest BCUT2D eigenvalue weighted by atomic mass is 16.6. The second kappa shape index (κ2) is 13.6. The molecule has 7 nitrogen and oxygen atoms in total. The molecule has 0 aliphatic carbocycles. The van der Waals surface area contributed by atoms with Crippen molar-refractivity contribution in [2.45, 2.75) is 133 Å². The number of aliphatic hydroxyl groups excluding tert-OH is 1. The van der Waals surface area contributed by atoms with Crippen molar-refractivity contribution >= 4 is 12.2 Å². The SMILES string of the molecule is CC[C@H](CC(C)(C)C)N(C)C(=O)OC(C)(C)C.CN(C(=O)OC(C)(C)C)[C@H](CO)CC(C)(C)C. The van der Waals surface area contributed by atoms with E-state index in [1.54, 1.807) is 11.9 Å². The van der Waals surface area contributed by atoms with Gasteiger partial charge in [-0.15, -0.1) is 0 Å². The van der Waals surface area contributed by atoms with Crippen LogP contribution < -0.4 is 0 Å². The summed E-state index contributed by atoms with van der Waals surface area (Å²) in [5.41, 5.74) is -0.654. The topological polar surface area (TPSA) is 79.3 Å². The van der Waals surface area contributed by atoms with Gasteiger partial charge in [-0.1, -0.05) is 48.5 Å². The third kappa shape index (κ3) is 17.9. The number of amides is 2. The Morgan fingerprint density at radius 2 is 0.971 bits per heavy atom. The van der Waals surface area contributed by atoms with Gasteiger partial charge in [0.25, 0.3) is 0 Å². The summed E-state index contributed by atoms with van der Waals surface area (Å²) in [5.74, 6) is 0. The molecule has 204 valence electrons. The lowest BCUT2D eigenvalue weighted by Gasteiger charge is -2.33. The minimum atomic E-state index is -0.507. The van der Waals surface area contributed by atoms with E-state index in [0.717, 1.165) is 19.3 Å². The molecule has 0 aliphatic heterocycles. The lowest BCUT2D eigenvalue weighted by molar-refractivity contribution is 0.0112. The van der Waals surface area contributed by atoms with E-state index in [9.17, 15) is 14.7 Å². The summed E-state index contributed by atoms with van der Waals surface area (Å²) in [4.78, 5) is 27.0. The molecule has 0 saturated carbocycles. The van der Waals surface area contributed by atoms with Crippen molar-refractivity contribution in [3.8, 4) is 0 Å². The van der Waals surface area contributed by atoms with Gasteiger partial charge in [0.1, 0.15) is 11.2 Å². The van der Waals surface area contributed by atoms with Crippen molar-refractivity contribution in [2.24, 2.45) is 10.8 Å².